The Morgan fingerprint density at radius 2 is 1.83 bits per heavy atom. The maximum absolute atomic E-state index is 13.4. The van der Waals surface area contributed by atoms with Crippen molar-refractivity contribution < 1.29 is 14.3 Å². The third kappa shape index (κ3) is 1.58. The predicted molar refractivity (Wildman–Crippen MR) is 89.4 cm³/mol. The Morgan fingerprint density at radius 1 is 1.04 bits per heavy atom. The van der Waals surface area contributed by atoms with Gasteiger partial charge in [-0.15, -0.1) is 0 Å². The van der Waals surface area contributed by atoms with Crippen molar-refractivity contribution >= 4 is 17.4 Å². The number of para-hydroxylation sites is 2. The Bertz CT molecular complexity index is 875. The van der Waals surface area contributed by atoms with Crippen LogP contribution in [0.4, 0.5) is 5.69 Å². The first-order chi connectivity index (χ1) is 11.7. The van der Waals surface area contributed by atoms with E-state index in [0.29, 0.717) is 17.7 Å². The van der Waals surface area contributed by atoms with Gasteiger partial charge in [-0.1, -0.05) is 30.3 Å². The number of anilines is 1. The molecular weight excluding hydrogens is 302 g/mol. The summed E-state index contributed by atoms with van der Waals surface area (Å²) in [6.07, 6.45) is 2.26. The molecule has 0 aromatic heterocycles. The molecular formula is C20H17NO3. The molecule has 4 heteroatoms. The van der Waals surface area contributed by atoms with Crippen LogP contribution in [0.15, 0.2) is 48.5 Å². The molecule has 24 heavy (non-hydrogen) atoms. The van der Waals surface area contributed by atoms with E-state index in [1.54, 1.807) is 18.2 Å². The molecule has 2 aromatic rings. The van der Waals surface area contributed by atoms with Gasteiger partial charge >= 0.3 is 5.97 Å². The average molecular weight is 319 g/mol. The molecule has 3 heterocycles. The van der Waals surface area contributed by atoms with Crippen molar-refractivity contribution in [3.05, 3.63) is 59.7 Å². The highest BCUT2D eigenvalue weighted by Crippen LogP contribution is 2.50. The molecule has 1 spiro atoms. The van der Waals surface area contributed by atoms with Gasteiger partial charge in [0.1, 0.15) is 5.75 Å². The molecule has 0 aliphatic carbocycles. The lowest BCUT2D eigenvalue weighted by molar-refractivity contribution is -0.145. The van der Waals surface area contributed by atoms with Gasteiger partial charge in [0.05, 0.1) is 11.6 Å². The van der Waals surface area contributed by atoms with Crippen LogP contribution in [0, 0.1) is 5.41 Å². The molecule has 1 fully saturated rings. The van der Waals surface area contributed by atoms with Gasteiger partial charge in [-0.05, 0) is 43.0 Å². The van der Waals surface area contributed by atoms with Gasteiger partial charge in [0.15, 0.2) is 11.2 Å². The van der Waals surface area contributed by atoms with Crippen molar-refractivity contribution in [2.45, 2.75) is 25.3 Å². The SMILES string of the molecule is O=C1Oc2ccccc2C(=O)C12Cc1ccccc1N1CCCC12. The Hall–Kier alpha value is -2.62. The second kappa shape index (κ2) is 4.69. The average Bonchev–Trinajstić information content (AvgIpc) is 3.10. The van der Waals surface area contributed by atoms with Crippen LogP contribution < -0.4 is 9.64 Å². The quantitative estimate of drug-likeness (QED) is 0.425. The van der Waals surface area contributed by atoms with E-state index >= 15 is 0 Å². The van der Waals surface area contributed by atoms with Gasteiger partial charge in [-0.25, -0.2) is 0 Å². The molecule has 0 amide bonds. The van der Waals surface area contributed by atoms with E-state index in [4.69, 9.17) is 4.74 Å². The molecule has 1 saturated heterocycles. The highest BCUT2D eigenvalue weighted by atomic mass is 16.5. The first-order valence-electron chi connectivity index (χ1n) is 8.42. The summed E-state index contributed by atoms with van der Waals surface area (Å²) in [5.74, 6) is -0.0834. The highest BCUT2D eigenvalue weighted by molar-refractivity contribution is 6.18. The molecule has 120 valence electrons. The Kier molecular flexibility index (Phi) is 2.70. The molecule has 2 aromatic carbocycles. The number of carbonyl (C=O) groups is 2. The summed E-state index contributed by atoms with van der Waals surface area (Å²) < 4.78 is 5.63. The molecule has 5 rings (SSSR count). The van der Waals surface area contributed by atoms with E-state index in [2.05, 4.69) is 11.0 Å². The monoisotopic (exact) mass is 319 g/mol. The standard InChI is InChI=1S/C20H17NO3/c22-18-14-7-2-4-9-16(14)24-19(23)20(18)12-13-6-1-3-8-15(13)21-11-5-10-17(20)21/h1-4,6-9,17H,5,10-12H2. The molecule has 0 saturated carbocycles. The zero-order valence-corrected chi connectivity index (χ0v) is 13.2. The summed E-state index contributed by atoms with van der Waals surface area (Å²) >= 11 is 0. The van der Waals surface area contributed by atoms with Gasteiger partial charge in [-0.2, -0.15) is 0 Å². The van der Waals surface area contributed by atoms with Crippen molar-refractivity contribution in [3.63, 3.8) is 0 Å². The summed E-state index contributed by atoms with van der Waals surface area (Å²) in [4.78, 5) is 28.7. The number of hydrogen-bond donors (Lipinski definition) is 0. The number of ketones is 1. The largest absolute Gasteiger partial charge is 0.425 e. The topological polar surface area (TPSA) is 46.6 Å². The summed E-state index contributed by atoms with van der Waals surface area (Å²) in [6, 6.07) is 15.1. The van der Waals surface area contributed by atoms with Crippen molar-refractivity contribution in [2.75, 3.05) is 11.4 Å². The van der Waals surface area contributed by atoms with E-state index in [-0.39, 0.29) is 11.8 Å². The van der Waals surface area contributed by atoms with Crippen molar-refractivity contribution in [1.29, 1.82) is 0 Å². The Morgan fingerprint density at radius 3 is 2.75 bits per heavy atom. The first kappa shape index (κ1) is 13.8. The highest BCUT2D eigenvalue weighted by Gasteiger charge is 2.61. The number of fused-ring (bicyclic) bond motifs is 5. The van der Waals surface area contributed by atoms with Gasteiger partial charge in [0.2, 0.25) is 0 Å². The fourth-order valence-corrected chi connectivity index (χ4v) is 4.63. The number of carbonyl (C=O) groups excluding carboxylic acids is 2. The lowest BCUT2D eigenvalue weighted by Gasteiger charge is -2.47. The van der Waals surface area contributed by atoms with Crippen LogP contribution in [0.5, 0.6) is 5.75 Å². The van der Waals surface area contributed by atoms with Crippen LogP contribution in [0.2, 0.25) is 0 Å². The van der Waals surface area contributed by atoms with E-state index in [0.717, 1.165) is 30.6 Å². The molecule has 0 bridgehead atoms. The van der Waals surface area contributed by atoms with E-state index < -0.39 is 11.4 Å². The summed E-state index contributed by atoms with van der Waals surface area (Å²) in [5.41, 5.74) is 1.63. The molecule has 2 atom stereocenters. The fourth-order valence-electron chi connectivity index (χ4n) is 4.63. The first-order valence-corrected chi connectivity index (χ1v) is 8.42. The summed E-state index contributed by atoms with van der Waals surface area (Å²) in [5, 5.41) is 0. The van der Waals surface area contributed by atoms with Crippen LogP contribution in [0.3, 0.4) is 0 Å². The van der Waals surface area contributed by atoms with E-state index in [1.807, 2.05) is 24.3 Å². The minimum atomic E-state index is -1.11. The third-order valence-corrected chi connectivity index (χ3v) is 5.70. The number of Topliss-reactive ketones (excluding diaryl/α,β-unsaturated/α-hetero) is 1. The molecule has 2 unspecified atom stereocenters. The second-order valence-electron chi connectivity index (χ2n) is 6.84. The lowest BCUT2D eigenvalue weighted by Crippen LogP contribution is -2.61. The van der Waals surface area contributed by atoms with Gasteiger partial charge in [0, 0.05) is 12.2 Å². The fraction of sp³-hybridized carbons (Fsp3) is 0.300. The zero-order chi connectivity index (χ0) is 16.3. The van der Waals surface area contributed by atoms with Crippen LogP contribution in [-0.4, -0.2) is 24.3 Å². The molecule has 3 aliphatic heterocycles. The van der Waals surface area contributed by atoms with Crippen LogP contribution in [0.1, 0.15) is 28.8 Å². The van der Waals surface area contributed by atoms with Crippen molar-refractivity contribution in [1.82, 2.24) is 0 Å². The van der Waals surface area contributed by atoms with Gasteiger partial charge < -0.3 is 9.64 Å². The molecule has 3 aliphatic rings. The molecule has 4 nitrogen and oxygen atoms in total. The third-order valence-electron chi connectivity index (χ3n) is 5.70. The predicted octanol–water partition coefficient (Wildman–Crippen LogP) is 3.00. The number of benzene rings is 2. The van der Waals surface area contributed by atoms with E-state index in [1.165, 1.54) is 0 Å². The maximum Gasteiger partial charge on any atom is 0.327 e. The van der Waals surface area contributed by atoms with E-state index in [9.17, 15) is 9.59 Å². The Balaban J connectivity index is 1.73. The van der Waals surface area contributed by atoms with Crippen LogP contribution in [-0.2, 0) is 11.2 Å². The normalized spacial score (nSPS) is 27.5. The van der Waals surface area contributed by atoms with Crippen molar-refractivity contribution in [2.24, 2.45) is 5.41 Å². The lowest BCUT2D eigenvalue weighted by atomic mass is 9.66. The summed E-state index contributed by atoms with van der Waals surface area (Å²) in [7, 11) is 0. The smallest absolute Gasteiger partial charge is 0.327 e. The minimum Gasteiger partial charge on any atom is -0.425 e. The summed E-state index contributed by atoms with van der Waals surface area (Å²) in [6.45, 7) is 0.881. The zero-order valence-electron chi connectivity index (χ0n) is 13.2. The number of esters is 1. The van der Waals surface area contributed by atoms with Gasteiger partial charge in [-0.3, -0.25) is 9.59 Å². The van der Waals surface area contributed by atoms with Crippen LogP contribution in [0.25, 0.3) is 0 Å². The second-order valence-corrected chi connectivity index (χ2v) is 6.84. The number of hydrogen-bond acceptors (Lipinski definition) is 4. The van der Waals surface area contributed by atoms with Crippen molar-refractivity contribution in [3.8, 4) is 5.75 Å². The minimum absolute atomic E-state index is 0.0826. The number of rotatable bonds is 0. The molecule has 0 N–H and O–H groups in total. The molecule has 0 radical (unpaired) electrons. The maximum atomic E-state index is 13.4. The van der Waals surface area contributed by atoms with Crippen LogP contribution >= 0.6 is 0 Å². The Labute approximate surface area is 140 Å². The number of nitrogens with zero attached hydrogens (tertiary/aromatic N) is 1. The van der Waals surface area contributed by atoms with Gasteiger partial charge in [0.25, 0.3) is 0 Å². The number of ether oxygens (including phenoxy) is 1.